The molecule has 0 aliphatic carbocycles. The summed E-state index contributed by atoms with van der Waals surface area (Å²) in [6.45, 7) is 1.40. The van der Waals surface area contributed by atoms with Crippen LogP contribution in [0.25, 0.3) is 0 Å². The number of methoxy groups -OCH3 is 1. The number of esters is 1. The summed E-state index contributed by atoms with van der Waals surface area (Å²) in [5.41, 5.74) is 1.74. The minimum absolute atomic E-state index is 0.0911. The maximum atomic E-state index is 12.8. The number of benzene rings is 2. The zero-order valence-electron chi connectivity index (χ0n) is 17.7. The predicted octanol–water partition coefficient (Wildman–Crippen LogP) is 3.25. The van der Waals surface area contributed by atoms with Gasteiger partial charge in [0, 0.05) is 18.9 Å². The molecule has 164 valence electrons. The van der Waals surface area contributed by atoms with Crippen molar-refractivity contribution in [1.29, 1.82) is 0 Å². The van der Waals surface area contributed by atoms with Gasteiger partial charge in [-0.15, -0.1) is 0 Å². The van der Waals surface area contributed by atoms with Gasteiger partial charge < -0.3 is 14.8 Å². The van der Waals surface area contributed by atoms with E-state index in [1.807, 2.05) is 60.7 Å². The van der Waals surface area contributed by atoms with E-state index in [0.29, 0.717) is 6.42 Å². The van der Waals surface area contributed by atoms with Crippen LogP contribution in [0.2, 0.25) is 0 Å². The molecule has 0 saturated carbocycles. The van der Waals surface area contributed by atoms with E-state index in [4.69, 9.17) is 4.74 Å². The SMILES string of the molecule is COC(=O)C(CC(C)=O)C(=O)C[C@H](Cc1ccccc1)NC(=O)OCc1ccccc1. The fraction of sp³-hybridized carbons (Fsp3) is 0.333. The van der Waals surface area contributed by atoms with E-state index >= 15 is 0 Å². The Labute approximate surface area is 181 Å². The van der Waals surface area contributed by atoms with Crippen LogP contribution in [-0.2, 0) is 36.9 Å². The average Bonchev–Trinajstić information content (AvgIpc) is 2.76. The zero-order chi connectivity index (χ0) is 22.6. The molecule has 2 aromatic rings. The van der Waals surface area contributed by atoms with Crippen molar-refractivity contribution >= 4 is 23.6 Å². The Kier molecular flexibility index (Phi) is 9.42. The molecule has 0 heterocycles. The number of nitrogens with one attached hydrogen (secondary N) is 1. The number of hydrogen-bond donors (Lipinski definition) is 1. The average molecular weight is 425 g/mol. The highest BCUT2D eigenvalue weighted by molar-refractivity contribution is 6.02. The molecule has 0 aromatic heterocycles. The lowest BCUT2D eigenvalue weighted by Crippen LogP contribution is -2.40. The van der Waals surface area contributed by atoms with Gasteiger partial charge in [-0.05, 0) is 24.5 Å². The van der Waals surface area contributed by atoms with E-state index in [2.05, 4.69) is 10.1 Å². The van der Waals surface area contributed by atoms with Gasteiger partial charge in [-0.2, -0.15) is 0 Å². The second-order valence-electron chi connectivity index (χ2n) is 7.25. The highest BCUT2D eigenvalue weighted by atomic mass is 16.5. The molecular weight excluding hydrogens is 398 g/mol. The molecule has 2 rings (SSSR count). The van der Waals surface area contributed by atoms with Crippen LogP contribution >= 0.6 is 0 Å². The first kappa shape index (κ1) is 23.8. The van der Waals surface area contributed by atoms with Crippen molar-refractivity contribution in [2.24, 2.45) is 5.92 Å². The first-order valence-corrected chi connectivity index (χ1v) is 10.00. The number of ether oxygens (including phenoxy) is 2. The Morgan fingerprint density at radius 2 is 1.45 bits per heavy atom. The number of Topliss-reactive ketones (excluding diaryl/α,β-unsaturated/α-hetero) is 2. The van der Waals surface area contributed by atoms with Crippen LogP contribution in [0.15, 0.2) is 60.7 Å². The first-order chi connectivity index (χ1) is 14.9. The lowest BCUT2D eigenvalue weighted by molar-refractivity contribution is -0.151. The van der Waals surface area contributed by atoms with E-state index in [9.17, 15) is 19.2 Å². The van der Waals surface area contributed by atoms with Gasteiger partial charge in [-0.3, -0.25) is 14.4 Å². The van der Waals surface area contributed by atoms with Gasteiger partial charge in [0.1, 0.15) is 24.1 Å². The standard InChI is InChI=1S/C24H27NO6/c1-17(26)13-21(23(28)30-2)22(27)15-20(14-18-9-5-3-6-10-18)25-24(29)31-16-19-11-7-4-8-12-19/h3-12,20-21H,13-16H2,1-2H3,(H,25,29)/t20-,21?/m0/s1. The Balaban J connectivity index is 2.07. The summed E-state index contributed by atoms with van der Waals surface area (Å²) in [6.07, 6.45) is -0.676. The van der Waals surface area contributed by atoms with Gasteiger partial charge in [-0.25, -0.2) is 4.79 Å². The lowest BCUT2D eigenvalue weighted by Gasteiger charge is -2.20. The maximum Gasteiger partial charge on any atom is 0.407 e. The molecule has 0 fully saturated rings. The van der Waals surface area contributed by atoms with Crippen LogP contribution in [0, 0.1) is 5.92 Å². The van der Waals surface area contributed by atoms with Gasteiger partial charge in [0.25, 0.3) is 0 Å². The Bertz CT molecular complexity index is 881. The minimum Gasteiger partial charge on any atom is -0.468 e. The highest BCUT2D eigenvalue weighted by Gasteiger charge is 2.31. The molecule has 7 heteroatoms. The van der Waals surface area contributed by atoms with Gasteiger partial charge >= 0.3 is 12.1 Å². The molecule has 0 saturated heterocycles. The van der Waals surface area contributed by atoms with Crippen molar-refractivity contribution < 1.29 is 28.7 Å². The minimum atomic E-state index is -1.19. The fourth-order valence-corrected chi connectivity index (χ4v) is 3.15. The van der Waals surface area contributed by atoms with Crippen molar-refractivity contribution in [3.63, 3.8) is 0 Å². The molecule has 0 spiro atoms. The highest BCUT2D eigenvalue weighted by Crippen LogP contribution is 2.15. The summed E-state index contributed by atoms with van der Waals surface area (Å²) in [5.74, 6) is -2.71. The molecule has 0 bridgehead atoms. The van der Waals surface area contributed by atoms with Gasteiger partial charge in [0.15, 0.2) is 0 Å². The van der Waals surface area contributed by atoms with Crippen molar-refractivity contribution in [2.45, 2.75) is 38.8 Å². The second kappa shape index (κ2) is 12.3. The topological polar surface area (TPSA) is 98.8 Å². The quantitative estimate of drug-likeness (QED) is 0.438. The second-order valence-corrected chi connectivity index (χ2v) is 7.25. The Morgan fingerprint density at radius 3 is 2.00 bits per heavy atom. The molecule has 1 unspecified atom stereocenters. The van der Waals surface area contributed by atoms with Crippen LogP contribution in [0.4, 0.5) is 4.79 Å². The summed E-state index contributed by atoms with van der Waals surface area (Å²) in [5, 5.41) is 2.71. The van der Waals surface area contributed by atoms with Crippen LogP contribution in [0.1, 0.15) is 30.9 Å². The van der Waals surface area contributed by atoms with Crippen molar-refractivity contribution in [1.82, 2.24) is 5.32 Å². The third-order valence-electron chi connectivity index (χ3n) is 4.67. The monoisotopic (exact) mass is 425 g/mol. The van der Waals surface area contributed by atoms with Crippen LogP contribution in [0.5, 0.6) is 0 Å². The predicted molar refractivity (Wildman–Crippen MR) is 114 cm³/mol. The van der Waals surface area contributed by atoms with E-state index < -0.39 is 29.8 Å². The largest absolute Gasteiger partial charge is 0.468 e. The number of hydrogen-bond acceptors (Lipinski definition) is 6. The third kappa shape index (κ3) is 8.42. The van der Waals surface area contributed by atoms with Crippen LogP contribution in [-0.4, -0.2) is 36.8 Å². The number of carbonyl (C=O) groups excluding carboxylic acids is 4. The van der Waals surface area contributed by atoms with Gasteiger partial charge in [-0.1, -0.05) is 60.7 Å². The normalized spacial score (nSPS) is 12.3. The number of carbonyl (C=O) groups is 4. The molecule has 0 aliphatic rings. The fourth-order valence-electron chi connectivity index (χ4n) is 3.15. The number of amides is 1. The lowest BCUT2D eigenvalue weighted by atomic mass is 9.91. The number of alkyl carbamates (subject to hydrolysis) is 1. The summed E-state index contributed by atoms with van der Waals surface area (Å²) in [7, 11) is 1.17. The van der Waals surface area contributed by atoms with Gasteiger partial charge in [0.05, 0.1) is 7.11 Å². The van der Waals surface area contributed by atoms with Crippen LogP contribution in [0.3, 0.4) is 0 Å². The molecular formula is C24H27NO6. The zero-order valence-corrected chi connectivity index (χ0v) is 17.7. The smallest absolute Gasteiger partial charge is 0.407 e. The van der Waals surface area contributed by atoms with Gasteiger partial charge in [0.2, 0.25) is 0 Å². The van der Waals surface area contributed by atoms with Crippen molar-refractivity contribution in [3.8, 4) is 0 Å². The third-order valence-corrected chi connectivity index (χ3v) is 4.67. The molecule has 2 atom stereocenters. The number of rotatable bonds is 11. The summed E-state index contributed by atoms with van der Waals surface area (Å²) in [4.78, 5) is 48.6. The molecule has 0 radical (unpaired) electrons. The van der Waals surface area contributed by atoms with E-state index in [0.717, 1.165) is 11.1 Å². The van der Waals surface area contributed by atoms with E-state index in [1.54, 1.807) is 0 Å². The molecule has 1 N–H and O–H groups in total. The first-order valence-electron chi connectivity index (χ1n) is 10.00. The Morgan fingerprint density at radius 1 is 0.871 bits per heavy atom. The summed E-state index contributed by atoms with van der Waals surface area (Å²) in [6, 6.07) is 17.9. The molecule has 7 nitrogen and oxygen atoms in total. The summed E-state index contributed by atoms with van der Waals surface area (Å²) < 4.78 is 9.94. The summed E-state index contributed by atoms with van der Waals surface area (Å²) >= 11 is 0. The maximum absolute atomic E-state index is 12.8. The molecule has 31 heavy (non-hydrogen) atoms. The molecule has 0 aliphatic heterocycles. The molecule has 1 amide bonds. The van der Waals surface area contributed by atoms with E-state index in [-0.39, 0.29) is 25.2 Å². The Hall–Kier alpha value is -3.48. The van der Waals surface area contributed by atoms with Crippen molar-refractivity contribution in [3.05, 3.63) is 71.8 Å². The van der Waals surface area contributed by atoms with Crippen LogP contribution < -0.4 is 5.32 Å². The van der Waals surface area contributed by atoms with Crippen molar-refractivity contribution in [2.75, 3.05) is 7.11 Å². The number of ketones is 2. The molecule has 2 aromatic carbocycles. The van der Waals surface area contributed by atoms with E-state index in [1.165, 1.54) is 14.0 Å².